The molecular weight excluding hydrogens is 498 g/mol. The van der Waals surface area contributed by atoms with Crippen LogP contribution in [0.15, 0.2) is 104 Å². The predicted molar refractivity (Wildman–Crippen MR) is 160 cm³/mol. The quantitative estimate of drug-likeness (QED) is 0.209. The van der Waals surface area contributed by atoms with E-state index in [-0.39, 0.29) is 5.92 Å². The normalized spacial score (nSPS) is 14.4. The second kappa shape index (κ2) is 11.0. The van der Waals surface area contributed by atoms with E-state index in [1.165, 1.54) is 50.0 Å². The first-order valence-electron chi connectivity index (χ1n) is 13.7. The SMILES string of the molecule is Cc1cc(C)c2ccc3c4c(cc(-c5ccccc5)c3c2c1)CCCC4c1cccc(F)c1F.c1cnccn1. The summed E-state index contributed by atoms with van der Waals surface area (Å²) in [7, 11) is 0. The highest BCUT2D eigenvalue weighted by atomic mass is 19.2. The molecule has 0 radical (unpaired) electrons. The van der Waals surface area contributed by atoms with Crippen molar-refractivity contribution in [2.45, 2.75) is 39.0 Å². The van der Waals surface area contributed by atoms with E-state index < -0.39 is 11.6 Å². The van der Waals surface area contributed by atoms with Crippen molar-refractivity contribution in [3.63, 3.8) is 0 Å². The van der Waals surface area contributed by atoms with Gasteiger partial charge in [0.05, 0.1) is 0 Å². The minimum atomic E-state index is -0.772. The molecule has 0 amide bonds. The molecule has 1 aliphatic rings. The van der Waals surface area contributed by atoms with Crippen molar-refractivity contribution < 1.29 is 8.78 Å². The average molecular weight is 529 g/mol. The molecule has 6 aromatic rings. The number of aromatic nitrogens is 2. The number of halogens is 2. The van der Waals surface area contributed by atoms with Gasteiger partial charge in [-0.1, -0.05) is 78.4 Å². The fourth-order valence-corrected chi connectivity index (χ4v) is 6.27. The van der Waals surface area contributed by atoms with Crippen molar-refractivity contribution >= 4 is 21.5 Å². The molecule has 1 unspecified atom stereocenters. The van der Waals surface area contributed by atoms with E-state index in [1.807, 2.05) is 6.07 Å². The number of hydrogen-bond donors (Lipinski definition) is 0. The summed E-state index contributed by atoms with van der Waals surface area (Å²) in [5.74, 6) is -1.64. The predicted octanol–water partition coefficient (Wildman–Crippen LogP) is 9.50. The van der Waals surface area contributed by atoms with E-state index in [0.29, 0.717) is 5.56 Å². The molecule has 7 rings (SSSR count). The van der Waals surface area contributed by atoms with E-state index in [4.69, 9.17) is 0 Å². The molecule has 0 fully saturated rings. The van der Waals surface area contributed by atoms with Gasteiger partial charge in [-0.25, -0.2) is 8.78 Å². The van der Waals surface area contributed by atoms with Gasteiger partial charge < -0.3 is 0 Å². The maximum atomic E-state index is 15.0. The zero-order valence-electron chi connectivity index (χ0n) is 22.7. The molecule has 1 aliphatic carbocycles. The molecule has 0 saturated carbocycles. The molecular formula is C36H30F2N2. The lowest BCUT2D eigenvalue weighted by atomic mass is 9.74. The first kappa shape index (κ1) is 25.8. The largest absolute Gasteiger partial charge is 0.262 e. The third-order valence-electron chi connectivity index (χ3n) is 7.92. The van der Waals surface area contributed by atoms with Gasteiger partial charge in [0.15, 0.2) is 11.6 Å². The minimum Gasteiger partial charge on any atom is -0.262 e. The Morgan fingerprint density at radius 2 is 1.45 bits per heavy atom. The van der Waals surface area contributed by atoms with Crippen molar-refractivity contribution in [1.82, 2.24) is 9.97 Å². The Kier molecular flexibility index (Phi) is 7.08. The third-order valence-corrected chi connectivity index (χ3v) is 7.92. The zero-order chi connectivity index (χ0) is 27.6. The molecule has 0 saturated heterocycles. The summed E-state index contributed by atoms with van der Waals surface area (Å²) >= 11 is 0. The number of rotatable bonds is 2. The Morgan fingerprint density at radius 3 is 2.17 bits per heavy atom. The van der Waals surface area contributed by atoms with Crippen molar-refractivity contribution in [3.8, 4) is 11.1 Å². The summed E-state index contributed by atoms with van der Waals surface area (Å²) in [6.45, 7) is 4.30. The summed E-state index contributed by atoms with van der Waals surface area (Å²) in [4.78, 5) is 7.44. The second-order valence-electron chi connectivity index (χ2n) is 10.5. The second-order valence-corrected chi connectivity index (χ2v) is 10.5. The van der Waals surface area contributed by atoms with Crippen molar-refractivity contribution in [2.75, 3.05) is 0 Å². The molecule has 198 valence electrons. The van der Waals surface area contributed by atoms with Gasteiger partial charge in [-0.2, -0.15) is 0 Å². The summed E-state index contributed by atoms with van der Waals surface area (Å²) < 4.78 is 29.2. The van der Waals surface area contributed by atoms with Crippen LogP contribution in [-0.2, 0) is 6.42 Å². The maximum Gasteiger partial charge on any atom is 0.162 e. The Hall–Kier alpha value is -4.44. The van der Waals surface area contributed by atoms with Crippen LogP contribution in [0.4, 0.5) is 8.78 Å². The van der Waals surface area contributed by atoms with Gasteiger partial charge >= 0.3 is 0 Å². The topological polar surface area (TPSA) is 25.8 Å². The zero-order valence-corrected chi connectivity index (χ0v) is 22.7. The van der Waals surface area contributed by atoms with Crippen LogP contribution in [0.2, 0.25) is 0 Å². The molecule has 5 aromatic carbocycles. The molecule has 2 nitrogen and oxygen atoms in total. The van der Waals surface area contributed by atoms with E-state index in [1.54, 1.807) is 36.9 Å². The van der Waals surface area contributed by atoms with E-state index in [2.05, 4.69) is 78.4 Å². The lowest BCUT2D eigenvalue weighted by Gasteiger charge is -2.30. The molecule has 1 atom stereocenters. The van der Waals surface area contributed by atoms with Crippen LogP contribution in [-0.4, -0.2) is 9.97 Å². The van der Waals surface area contributed by atoms with Crippen molar-refractivity contribution in [3.05, 3.63) is 143 Å². The van der Waals surface area contributed by atoms with Crippen LogP contribution < -0.4 is 0 Å². The molecule has 1 heterocycles. The lowest BCUT2D eigenvalue weighted by molar-refractivity contribution is 0.485. The Morgan fingerprint density at radius 1 is 0.725 bits per heavy atom. The first-order chi connectivity index (χ1) is 19.5. The summed E-state index contributed by atoms with van der Waals surface area (Å²) in [6.07, 6.45) is 9.28. The molecule has 0 spiro atoms. The van der Waals surface area contributed by atoms with E-state index in [0.717, 1.165) is 30.2 Å². The highest BCUT2D eigenvalue weighted by Crippen LogP contribution is 2.47. The van der Waals surface area contributed by atoms with Gasteiger partial charge in [0.2, 0.25) is 0 Å². The van der Waals surface area contributed by atoms with Gasteiger partial charge in [0, 0.05) is 30.7 Å². The highest BCUT2D eigenvalue weighted by Gasteiger charge is 2.29. The summed E-state index contributed by atoms with van der Waals surface area (Å²) in [6, 6.07) is 26.3. The standard InChI is InChI=1S/C32H26F2.C4H4N2/c1-19-16-20(2)23-14-15-26-30-22(10-6-11-24(30)25-12-7-13-29(33)32(25)34)18-27(31(26)28(23)17-19)21-8-4-3-5-9-21;1-2-6-4-3-5-1/h3-5,7-9,12-18,24H,6,10-11H2,1-2H3;1-4H. The monoisotopic (exact) mass is 528 g/mol. The molecule has 1 aromatic heterocycles. The van der Waals surface area contributed by atoms with Gasteiger partial charge in [-0.05, 0) is 94.1 Å². The molecule has 40 heavy (non-hydrogen) atoms. The maximum absolute atomic E-state index is 15.0. The van der Waals surface area contributed by atoms with Gasteiger partial charge in [-0.3, -0.25) is 9.97 Å². The van der Waals surface area contributed by atoms with Crippen LogP contribution in [0.5, 0.6) is 0 Å². The van der Waals surface area contributed by atoms with E-state index >= 15 is 4.39 Å². The fourth-order valence-electron chi connectivity index (χ4n) is 6.27. The Labute approximate surface area is 233 Å². The average Bonchev–Trinajstić information content (AvgIpc) is 2.99. The van der Waals surface area contributed by atoms with Gasteiger partial charge in [0.1, 0.15) is 0 Å². The van der Waals surface area contributed by atoms with Crippen molar-refractivity contribution in [1.29, 1.82) is 0 Å². The lowest BCUT2D eigenvalue weighted by Crippen LogP contribution is -2.14. The fraction of sp³-hybridized carbons (Fsp3) is 0.167. The van der Waals surface area contributed by atoms with Crippen LogP contribution in [0.1, 0.15) is 46.6 Å². The van der Waals surface area contributed by atoms with E-state index in [9.17, 15) is 4.39 Å². The van der Waals surface area contributed by atoms with Crippen molar-refractivity contribution in [2.24, 2.45) is 0 Å². The minimum absolute atomic E-state index is 0.157. The summed E-state index contributed by atoms with van der Waals surface area (Å²) in [5.41, 5.74) is 7.74. The Bertz CT molecular complexity index is 1790. The number of fused-ring (bicyclic) bond motifs is 5. The number of hydrogen-bond acceptors (Lipinski definition) is 2. The molecule has 0 bridgehead atoms. The Balaban J connectivity index is 0.000000429. The molecule has 4 heteroatoms. The van der Waals surface area contributed by atoms with Gasteiger partial charge in [-0.15, -0.1) is 0 Å². The van der Waals surface area contributed by atoms with Crippen LogP contribution in [0.25, 0.3) is 32.7 Å². The first-order valence-corrected chi connectivity index (χ1v) is 13.7. The van der Waals surface area contributed by atoms with Gasteiger partial charge in [0.25, 0.3) is 0 Å². The number of aryl methyl sites for hydroxylation is 3. The van der Waals surface area contributed by atoms with Crippen LogP contribution >= 0.6 is 0 Å². The van der Waals surface area contributed by atoms with Crippen LogP contribution in [0, 0.1) is 25.5 Å². The summed E-state index contributed by atoms with van der Waals surface area (Å²) in [5, 5.41) is 4.82. The number of benzene rings is 5. The number of nitrogens with zero attached hydrogens (tertiary/aromatic N) is 2. The third kappa shape index (κ3) is 4.75. The highest BCUT2D eigenvalue weighted by molar-refractivity contribution is 6.16. The smallest absolute Gasteiger partial charge is 0.162 e. The molecule has 0 aliphatic heterocycles. The van der Waals surface area contributed by atoms with Crippen LogP contribution in [0.3, 0.4) is 0 Å². The molecule has 0 N–H and O–H groups in total.